The summed E-state index contributed by atoms with van der Waals surface area (Å²) in [7, 11) is 0. The van der Waals surface area contributed by atoms with E-state index in [0.29, 0.717) is 6.42 Å². The largest absolute Gasteiger partial charge is 0.298 e. The zero-order valence-electron chi connectivity index (χ0n) is 6.39. The zero-order valence-corrected chi connectivity index (χ0v) is 9.30. The molecule has 0 bridgehead atoms. The highest BCUT2D eigenvalue weighted by atomic mass is 127. The first-order valence-electron chi connectivity index (χ1n) is 3.55. The normalized spacial score (nSPS) is 9.83. The number of rotatable bonds is 3. The maximum Gasteiger partial charge on any atom is 0.151 e. The van der Waals surface area contributed by atoms with Gasteiger partial charge in [0.2, 0.25) is 0 Å². The maximum absolute atomic E-state index is 11.0. The molecule has 0 aromatic heterocycles. The van der Waals surface area contributed by atoms with Crippen molar-refractivity contribution < 1.29 is 4.79 Å². The quantitative estimate of drug-likeness (QED) is 0.619. The highest BCUT2D eigenvalue weighted by Gasteiger charge is 2.03. The summed E-state index contributed by atoms with van der Waals surface area (Å²) < 4.78 is 1.12. The van der Waals surface area contributed by atoms with E-state index in [1.807, 2.05) is 24.3 Å². The van der Waals surface area contributed by atoms with Gasteiger partial charge in [0.25, 0.3) is 0 Å². The summed E-state index contributed by atoms with van der Waals surface area (Å²) in [5.41, 5.74) is 1.06. The van der Waals surface area contributed by atoms with E-state index in [1.54, 1.807) is 0 Å². The molecule has 12 heavy (non-hydrogen) atoms. The first-order chi connectivity index (χ1) is 5.74. The van der Waals surface area contributed by atoms with Crippen molar-refractivity contribution in [1.29, 1.82) is 0 Å². The second-order valence-corrected chi connectivity index (χ2v) is 3.87. The predicted octanol–water partition coefficient (Wildman–Crippen LogP) is 2.64. The molecule has 0 aliphatic heterocycles. The lowest BCUT2D eigenvalue weighted by atomic mass is 10.1. The van der Waals surface area contributed by atoms with Crippen molar-refractivity contribution in [2.24, 2.45) is 0 Å². The Kier molecular flexibility index (Phi) is 4.01. The Hall–Kier alpha value is -0.0900. The first-order valence-corrected chi connectivity index (χ1v) is 5.16. The van der Waals surface area contributed by atoms with Crippen molar-refractivity contribution in [2.45, 2.75) is 6.42 Å². The van der Waals surface area contributed by atoms with E-state index >= 15 is 0 Å². The van der Waals surface area contributed by atoms with Gasteiger partial charge in [-0.15, -0.1) is 11.6 Å². The third-order valence-electron chi connectivity index (χ3n) is 1.49. The summed E-state index contributed by atoms with van der Waals surface area (Å²) in [5, 5.41) is 0. The van der Waals surface area contributed by atoms with E-state index in [0.717, 1.165) is 9.13 Å². The van der Waals surface area contributed by atoms with Crippen LogP contribution in [0, 0.1) is 3.57 Å². The molecular formula is C9H8ClIO. The number of benzene rings is 1. The standard InChI is InChI=1S/C9H8ClIO/c10-6-8(12)5-7-3-1-2-4-9(7)11/h1-4H,5-6H2. The van der Waals surface area contributed by atoms with Crippen LogP contribution in [0.4, 0.5) is 0 Å². The second kappa shape index (κ2) is 4.82. The molecule has 1 nitrogen and oxygen atoms in total. The van der Waals surface area contributed by atoms with Gasteiger partial charge in [-0.2, -0.15) is 0 Å². The molecule has 1 rings (SSSR count). The van der Waals surface area contributed by atoms with Gasteiger partial charge in [0.15, 0.2) is 5.78 Å². The first kappa shape index (κ1) is 9.99. The zero-order chi connectivity index (χ0) is 8.97. The van der Waals surface area contributed by atoms with E-state index in [2.05, 4.69) is 22.6 Å². The molecule has 1 aromatic carbocycles. The number of halogens is 2. The lowest BCUT2D eigenvalue weighted by Crippen LogP contribution is -2.04. The van der Waals surface area contributed by atoms with E-state index < -0.39 is 0 Å². The van der Waals surface area contributed by atoms with Gasteiger partial charge in [0, 0.05) is 9.99 Å². The molecular weight excluding hydrogens is 286 g/mol. The average molecular weight is 295 g/mol. The van der Waals surface area contributed by atoms with E-state index in [1.165, 1.54) is 0 Å². The molecule has 0 aliphatic carbocycles. The summed E-state index contributed by atoms with van der Waals surface area (Å²) in [6.45, 7) is 0. The molecule has 64 valence electrons. The summed E-state index contributed by atoms with van der Waals surface area (Å²) >= 11 is 7.62. The number of hydrogen-bond acceptors (Lipinski definition) is 1. The van der Waals surface area contributed by atoms with Gasteiger partial charge in [0.05, 0.1) is 5.88 Å². The lowest BCUT2D eigenvalue weighted by molar-refractivity contribution is -0.116. The Morgan fingerprint density at radius 2 is 2.08 bits per heavy atom. The summed E-state index contributed by atoms with van der Waals surface area (Å²) in [5.74, 6) is 0.172. The van der Waals surface area contributed by atoms with Crippen LogP contribution < -0.4 is 0 Å². The smallest absolute Gasteiger partial charge is 0.151 e. The van der Waals surface area contributed by atoms with E-state index in [4.69, 9.17) is 11.6 Å². The van der Waals surface area contributed by atoms with Gasteiger partial charge in [0.1, 0.15) is 0 Å². The Bertz CT molecular complexity index is 286. The molecule has 3 heteroatoms. The monoisotopic (exact) mass is 294 g/mol. The second-order valence-electron chi connectivity index (χ2n) is 2.44. The highest BCUT2D eigenvalue weighted by molar-refractivity contribution is 14.1. The molecule has 0 spiro atoms. The fourth-order valence-electron chi connectivity index (χ4n) is 0.901. The average Bonchev–Trinajstić information content (AvgIpc) is 2.09. The fraction of sp³-hybridized carbons (Fsp3) is 0.222. The third-order valence-corrected chi connectivity index (χ3v) is 2.84. The summed E-state index contributed by atoms with van der Waals surface area (Å²) in [4.78, 5) is 11.0. The third kappa shape index (κ3) is 2.75. The Balaban J connectivity index is 2.75. The number of carbonyl (C=O) groups is 1. The SMILES string of the molecule is O=C(CCl)Cc1ccccc1I. The Morgan fingerprint density at radius 1 is 1.42 bits per heavy atom. The molecule has 0 N–H and O–H groups in total. The van der Waals surface area contributed by atoms with Crippen LogP contribution in [-0.2, 0) is 11.2 Å². The number of ketones is 1. The Morgan fingerprint density at radius 3 is 2.67 bits per heavy atom. The number of carbonyl (C=O) groups excluding carboxylic acids is 1. The van der Waals surface area contributed by atoms with Gasteiger partial charge in [-0.1, -0.05) is 18.2 Å². The molecule has 0 atom stereocenters. The van der Waals surface area contributed by atoms with Crippen molar-refractivity contribution in [1.82, 2.24) is 0 Å². The van der Waals surface area contributed by atoms with Crippen LogP contribution in [0.3, 0.4) is 0 Å². The van der Waals surface area contributed by atoms with Gasteiger partial charge in [-0.3, -0.25) is 4.79 Å². The molecule has 0 aliphatic rings. The van der Waals surface area contributed by atoms with Crippen molar-refractivity contribution in [3.63, 3.8) is 0 Å². The van der Waals surface area contributed by atoms with Crippen LogP contribution >= 0.6 is 34.2 Å². The molecule has 0 unspecified atom stereocenters. The molecule has 0 fully saturated rings. The van der Waals surface area contributed by atoms with Crippen LogP contribution in [0.5, 0.6) is 0 Å². The number of hydrogen-bond donors (Lipinski definition) is 0. The van der Waals surface area contributed by atoms with Crippen molar-refractivity contribution in [2.75, 3.05) is 5.88 Å². The summed E-state index contributed by atoms with van der Waals surface area (Å²) in [6, 6.07) is 7.82. The molecule has 1 aromatic rings. The highest BCUT2D eigenvalue weighted by Crippen LogP contribution is 2.12. The van der Waals surface area contributed by atoms with Crippen LogP contribution in [0.15, 0.2) is 24.3 Å². The van der Waals surface area contributed by atoms with Crippen molar-refractivity contribution in [3.05, 3.63) is 33.4 Å². The fourth-order valence-corrected chi connectivity index (χ4v) is 1.57. The summed E-state index contributed by atoms with van der Waals surface area (Å²) in [6.07, 6.45) is 0.447. The van der Waals surface area contributed by atoms with Gasteiger partial charge in [-0.05, 0) is 34.2 Å². The molecule has 0 amide bonds. The van der Waals surface area contributed by atoms with Crippen molar-refractivity contribution in [3.8, 4) is 0 Å². The van der Waals surface area contributed by atoms with Crippen LogP contribution in [0.1, 0.15) is 5.56 Å². The van der Waals surface area contributed by atoms with Crippen LogP contribution in [0.25, 0.3) is 0 Å². The topological polar surface area (TPSA) is 17.1 Å². The number of Topliss-reactive ketones (excluding diaryl/α,β-unsaturated/α-hetero) is 1. The molecule has 0 saturated carbocycles. The van der Waals surface area contributed by atoms with E-state index in [9.17, 15) is 4.79 Å². The molecule has 0 saturated heterocycles. The lowest BCUT2D eigenvalue weighted by Gasteiger charge is -2.00. The van der Waals surface area contributed by atoms with E-state index in [-0.39, 0.29) is 11.7 Å². The van der Waals surface area contributed by atoms with Crippen LogP contribution in [-0.4, -0.2) is 11.7 Å². The minimum absolute atomic E-state index is 0.0702. The minimum atomic E-state index is 0.0702. The van der Waals surface area contributed by atoms with Gasteiger partial charge < -0.3 is 0 Å². The Labute approximate surface area is 90.3 Å². The molecule has 0 radical (unpaired) electrons. The molecule has 0 heterocycles. The van der Waals surface area contributed by atoms with Gasteiger partial charge in [-0.25, -0.2) is 0 Å². The number of alkyl halides is 1. The minimum Gasteiger partial charge on any atom is -0.298 e. The predicted molar refractivity (Wildman–Crippen MR) is 58.6 cm³/mol. The van der Waals surface area contributed by atoms with Crippen LogP contribution in [0.2, 0.25) is 0 Å². The maximum atomic E-state index is 11.0. The van der Waals surface area contributed by atoms with Crippen molar-refractivity contribution >= 4 is 40.0 Å². The van der Waals surface area contributed by atoms with Gasteiger partial charge >= 0.3 is 0 Å².